The summed E-state index contributed by atoms with van der Waals surface area (Å²) in [4.78, 5) is 14.4. The van der Waals surface area contributed by atoms with Crippen molar-refractivity contribution >= 4 is 22.6 Å². The number of carboxylic acids is 1. The Kier molecular flexibility index (Phi) is 3.53. The molecule has 2 atom stereocenters. The highest BCUT2D eigenvalue weighted by molar-refractivity contribution is 5.83. The van der Waals surface area contributed by atoms with Crippen LogP contribution in [-0.2, 0) is 11.3 Å². The summed E-state index contributed by atoms with van der Waals surface area (Å²) in [5.74, 6) is -0.692. The summed E-state index contributed by atoms with van der Waals surface area (Å²) in [6, 6.07) is 16.6. The van der Waals surface area contributed by atoms with Gasteiger partial charge >= 0.3 is 5.97 Å². The molecule has 1 aromatic heterocycles. The van der Waals surface area contributed by atoms with E-state index in [4.69, 9.17) is 5.11 Å². The minimum Gasteiger partial charge on any atom is -0.481 e. The first-order chi connectivity index (χ1) is 11.6. The van der Waals surface area contributed by atoms with Gasteiger partial charge in [-0.3, -0.25) is 4.79 Å². The van der Waals surface area contributed by atoms with Crippen LogP contribution in [0, 0.1) is 12.8 Å². The number of aryl methyl sites for hydroxylation is 1. The standard InChI is InChI=1S/C20H20N2O2/c1-12-3-2-4-19-16(12)9-15(22-19)11-21-14-7-5-13(6-8-14)17-10-18(17)20(23)24/h2-9,17-18,21-22H,10-11H2,1H3,(H,23,24)/t17-,18+/m0/s1. The van der Waals surface area contributed by atoms with Crippen molar-refractivity contribution in [2.75, 3.05) is 5.32 Å². The number of aliphatic carboxylic acids is 1. The van der Waals surface area contributed by atoms with Crippen molar-refractivity contribution in [1.29, 1.82) is 0 Å². The van der Waals surface area contributed by atoms with Gasteiger partial charge in [-0.25, -0.2) is 0 Å². The number of rotatable bonds is 5. The normalized spacial score (nSPS) is 19.4. The molecule has 1 aliphatic rings. The van der Waals surface area contributed by atoms with Crippen LogP contribution in [0.5, 0.6) is 0 Å². The smallest absolute Gasteiger partial charge is 0.307 e. The highest BCUT2D eigenvalue weighted by Crippen LogP contribution is 2.47. The fourth-order valence-electron chi connectivity index (χ4n) is 3.34. The molecular formula is C20H20N2O2. The summed E-state index contributed by atoms with van der Waals surface area (Å²) in [6.45, 7) is 2.85. The molecule has 3 N–H and O–H groups in total. The van der Waals surface area contributed by atoms with Gasteiger partial charge in [0.2, 0.25) is 0 Å². The van der Waals surface area contributed by atoms with Gasteiger partial charge in [0, 0.05) is 22.3 Å². The first-order valence-electron chi connectivity index (χ1n) is 8.25. The van der Waals surface area contributed by atoms with Crippen LogP contribution in [0.4, 0.5) is 5.69 Å². The summed E-state index contributed by atoms with van der Waals surface area (Å²) in [5.41, 5.74) is 5.75. The molecule has 3 aromatic rings. The Labute approximate surface area is 140 Å². The van der Waals surface area contributed by atoms with E-state index in [0.29, 0.717) is 0 Å². The molecule has 0 bridgehead atoms. The zero-order chi connectivity index (χ0) is 16.7. The third-order valence-electron chi connectivity index (χ3n) is 4.87. The average molecular weight is 320 g/mol. The second-order valence-corrected chi connectivity index (χ2v) is 6.59. The molecule has 4 heteroatoms. The number of nitrogens with one attached hydrogen (secondary N) is 2. The second kappa shape index (κ2) is 5.71. The minimum atomic E-state index is -0.684. The van der Waals surface area contributed by atoms with E-state index in [1.54, 1.807) is 0 Å². The van der Waals surface area contributed by atoms with Crippen molar-refractivity contribution in [3.63, 3.8) is 0 Å². The van der Waals surface area contributed by atoms with E-state index in [0.717, 1.165) is 35.4 Å². The van der Waals surface area contributed by atoms with Crippen LogP contribution in [0.15, 0.2) is 48.5 Å². The summed E-state index contributed by atoms with van der Waals surface area (Å²) < 4.78 is 0. The number of hydrogen-bond donors (Lipinski definition) is 3. The Hall–Kier alpha value is -2.75. The van der Waals surface area contributed by atoms with Gasteiger partial charge in [0.1, 0.15) is 0 Å². The molecule has 0 unspecified atom stereocenters. The molecule has 4 rings (SSSR count). The monoisotopic (exact) mass is 320 g/mol. The third kappa shape index (κ3) is 2.75. The Bertz CT molecular complexity index is 896. The number of anilines is 1. The van der Waals surface area contributed by atoms with Gasteiger partial charge in [-0.1, -0.05) is 24.3 Å². The van der Waals surface area contributed by atoms with E-state index in [-0.39, 0.29) is 11.8 Å². The third-order valence-corrected chi connectivity index (χ3v) is 4.87. The Balaban J connectivity index is 1.42. The molecule has 2 aromatic carbocycles. The van der Waals surface area contributed by atoms with E-state index in [1.165, 1.54) is 10.9 Å². The molecule has 1 fully saturated rings. The van der Waals surface area contributed by atoms with Crippen LogP contribution >= 0.6 is 0 Å². The van der Waals surface area contributed by atoms with Crippen LogP contribution in [0.3, 0.4) is 0 Å². The Morgan fingerprint density at radius 1 is 1.25 bits per heavy atom. The van der Waals surface area contributed by atoms with Crippen LogP contribution in [0.25, 0.3) is 10.9 Å². The topological polar surface area (TPSA) is 65.1 Å². The van der Waals surface area contributed by atoms with E-state index in [2.05, 4.69) is 41.5 Å². The molecule has 4 nitrogen and oxygen atoms in total. The van der Waals surface area contributed by atoms with Crippen LogP contribution in [0.2, 0.25) is 0 Å². The van der Waals surface area contributed by atoms with E-state index in [1.807, 2.05) is 24.3 Å². The summed E-state index contributed by atoms with van der Waals surface area (Å²) in [7, 11) is 0. The number of fused-ring (bicyclic) bond motifs is 1. The number of carbonyl (C=O) groups is 1. The molecule has 0 amide bonds. The predicted molar refractivity (Wildman–Crippen MR) is 95.3 cm³/mol. The molecule has 122 valence electrons. The van der Waals surface area contributed by atoms with Gasteiger partial charge in [0.05, 0.1) is 12.5 Å². The van der Waals surface area contributed by atoms with Crippen molar-refractivity contribution in [3.8, 4) is 0 Å². The van der Waals surface area contributed by atoms with Gasteiger partial charge < -0.3 is 15.4 Å². The number of benzene rings is 2. The van der Waals surface area contributed by atoms with Gasteiger partial charge in [-0.05, 0) is 54.7 Å². The molecule has 1 heterocycles. The van der Waals surface area contributed by atoms with Crippen molar-refractivity contribution in [2.24, 2.45) is 5.92 Å². The molecule has 1 saturated carbocycles. The zero-order valence-corrected chi connectivity index (χ0v) is 13.5. The number of aromatic amines is 1. The quantitative estimate of drug-likeness (QED) is 0.657. The maximum Gasteiger partial charge on any atom is 0.307 e. The number of H-pyrrole nitrogens is 1. The van der Waals surface area contributed by atoms with E-state index >= 15 is 0 Å². The summed E-state index contributed by atoms with van der Waals surface area (Å²) in [6.07, 6.45) is 0.760. The summed E-state index contributed by atoms with van der Waals surface area (Å²) >= 11 is 0. The molecule has 0 saturated heterocycles. The number of aromatic nitrogens is 1. The highest BCUT2D eigenvalue weighted by atomic mass is 16.4. The van der Waals surface area contributed by atoms with Crippen LogP contribution in [-0.4, -0.2) is 16.1 Å². The molecule has 0 aliphatic heterocycles. The highest BCUT2D eigenvalue weighted by Gasteiger charge is 2.43. The number of carboxylic acid groups (broad SMARTS) is 1. The first kappa shape index (κ1) is 14.8. The van der Waals surface area contributed by atoms with Gasteiger partial charge in [0.15, 0.2) is 0 Å². The molecule has 0 spiro atoms. The van der Waals surface area contributed by atoms with Gasteiger partial charge in [-0.15, -0.1) is 0 Å². The fraction of sp³-hybridized carbons (Fsp3) is 0.250. The molecular weight excluding hydrogens is 300 g/mol. The fourth-order valence-corrected chi connectivity index (χ4v) is 3.34. The van der Waals surface area contributed by atoms with E-state index < -0.39 is 5.97 Å². The Morgan fingerprint density at radius 3 is 2.71 bits per heavy atom. The lowest BCUT2D eigenvalue weighted by Gasteiger charge is -2.06. The van der Waals surface area contributed by atoms with Gasteiger partial charge in [0.25, 0.3) is 0 Å². The van der Waals surface area contributed by atoms with Crippen molar-refractivity contribution in [2.45, 2.75) is 25.8 Å². The lowest BCUT2D eigenvalue weighted by Crippen LogP contribution is -2.00. The summed E-state index contributed by atoms with van der Waals surface area (Å²) in [5, 5.41) is 13.7. The van der Waals surface area contributed by atoms with Crippen LogP contribution in [0.1, 0.15) is 29.2 Å². The average Bonchev–Trinajstić information content (AvgIpc) is 3.27. The lowest BCUT2D eigenvalue weighted by molar-refractivity contribution is -0.138. The first-order valence-corrected chi connectivity index (χ1v) is 8.25. The van der Waals surface area contributed by atoms with Crippen molar-refractivity contribution < 1.29 is 9.90 Å². The van der Waals surface area contributed by atoms with Gasteiger partial charge in [-0.2, -0.15) is 0 Å². The second-order valence-electron chi connectivity index (χ2n) is 6.59. The van der Waals surface area contributed by atoms with Crippen LogP contribution < -0.4 is 5.32 Å². The SMILES string of the molecule is Cc1cccc2[nH]c(CNc3ccc([C@@H]4C[C@H]4C(=O)O)cc3)cc12. The minimum absolute atomic E-state index is 0.188. The lowest BCUT2D eigenvalue weighted by atomic mass is 10.1. The molecule has 0 radical (unpaired) electrons. The number of hydrogen-bond acceptors (Lipinski definition) is 2. The Morgan fingerprint density at radius 2 is 2.04 bits per heavy atom. The van der Waals surface area contributed by atoms with E-state index in [9.17, 15) is 4.79 Å². The van der Waals surface area contributed by atoms with Crippen molar-refractivity contribution in [1.82, 2.24) is 4.98 Å². The maximum absolute atomic E-state index is 11.0. The molecule has 1 aliphatic carbocycles. The van der Waals surface area contributed by atoms with Crippen molar-refractivity contribution in [3.05, 3.63) is 65.4 Å². The molecule has 24 heavy (non-hydrogen) atoms. The maximum atomic E-state index is 11.0. The zero-order valence-electron chi connectivity index (χ0n) is 13.5. The predicted octanol–water partition coefficient (Wildman–Crippen LogP) is 4.28. The largest absolute Gasteiger partial charge is 0.481 e.